The normalized spacial score (nSPS) is 11.3. The van der Waals surface area contributed by atoms with Crippen LogP contribution in [0.5, 0.6) is 11.5 Å². The van der Waals surface area contributed by atoms with Gasteiger partial charge in [0.05, 0.1) is 9.92 Å². The van der Waals surface area contributed by atoms with Crippen LogP contribution in [0.15, 0.2) is 53.4 Å². The molecule has 0 aliphatic carbocycles. The Balaban J connectivity index is 2.23. The van der Waals surface area contributed by atoms with Crippen LogP contribution < -0.4 is 9.46 Å². The van der Waals surface area contributed by atoms with Crippen LogP contribution in [0.1, 0.15) is 0 Å². The van der Waals surface area contributed by atoms with Gasteiger partial charge in [-0.25, -0.2) is 13.1 Å². The minimum Gasteiger partial charge on any atom is -0.456 e. The fourth-order valence-electron chi connectivity index (χ4n) is 1.46. The van der Waals surface area contributed by atoms with Gasteiger partial charge >= 0.3 is 0 Å². The second kappa shape index (κ2) is 5.61. The molecule has 6 heteroatoms. The maximum absolute atomic E-state index is 11.6. The zero-order chi connectivity index (χ0) is 13.9. The first-order valence-electron chi connectivity index (χ1n) is 5.49. The molecule has 0 aliphatic heterocycles. The highest BCUT2D eigenvalue weighted by Gasteiger charge is 2.11. The number of benzene rings is 2. The topological polar surface area (TPSA) is 55.4 Å². The first-order valence-corrected chi connectivity index (χ1v) is 7.35. The van der Waals surface area contributed by atoms with Crippen molar-refractivity contribution in [3.8, 4) is 11.5 Å². The molecule has 0 aromatic heterocycles. The van der Waals surface area contributed by atoms with E-state index in [1.165, 1.54) is 19.2 Å². The lowest BCUT2D eigenvalue weighted by atomic mass is 10.3. The summed E-state index contributed by atoms with van der Waals surface area (Å²) < 4.78 is 30.9. The average Bonchev–Trinajstić information content (AvgIpc) is 2.42. The minimum atomic E-state index is -3.43. The van der Waals surface area contributed by atoms with Crippen LogP contribution in [0, 0.1) is 0 Å². The van der Waals surface area contributed by atoms with Crippen LogP contribution in [0.25, 0.3) is 0 Å². The molecule has 2 rings (SSSR count). The van der Waals surface area contributed by atoms with Gasteiger partial charge in [0.2, 0.25) is 10.0 Å². The summed E-state index contributed by atoms with van der Waals surface area (Å²) in [7, 11) is -2.06. The van der Waals surface area contributed by atoms with Gasteiger partial charge in [-0.05, 0) is 43.4 Å². The first-order chi connectivity index (χ1) is 9.03. The first kappa shape index (κ1) is 13.9. The van der Waals surface area contributed by atoms with Gasteiger partial charge in [-0.15, -0.1) is 0 Å². The number of hydrogen-bond donors (Lipinski definition) is 1. The molecule has 0 saturated heterocycles. The summed E-state index contributed by atoms with van der Waals surface area (Å²) in [6.07, 6.45) is 0. The summed E-state index contributed by atoms with van der Waals surface area (Å²) >= 11 is 5.97. The molecule has 19 heavy (non-hydrogen) atoms. The Labute approximate surface area is 117 Å². The second-order valence-corrected chi connectivity index (χ2v) is 6.01. The second-order valence-electron chi connectivity index (χ2n) is 3.71. The number of nitrogens with one attached hydrogen (secondary N) is 1. The standard InChI is InChI=1S/C13H12ClNO3S/c1-15-19(16,17)11-8-6-10(7-9-11)18-13-5-3-2-4-12(13)14/h2-9,15H,1H3. The fraction of sp³-hybridized carbons (Fsp3) is 0.0769. The summed E-state index contributed by atoms with van der Waals surface area (Å²) in [5.74, 6) is 1.04. The zero-order valence-corrected chi connectivity index (χ0v) is 11.7. The molecule has 100 valence electrons. The van der Waals surface area contributed by atoms with Crippen LogP contribution in [0.4, 0.5) is 0 Å². The Kier molecular flexibility index (Phi) is 4.09. The van der Waals surface area contributed by atoms with E-state index in [0.29, 0.717) is 16.5 Å². The molecule has 2 aromatic carbocycles. The highest BCUT2D eigenvalue weighted by Crippen LogP contribution is 2.29. The maximum Gasteiger partial charge on any atom is 0.240 e. The third-order valence-corrected chi connectivity index (χ3v) is 4.21. The van der Waals surface area contributed by atoms with Crippen molar-refractivity contribution in [1.82, 2.24) is 4.72 Å². The third-order valence-electron chi connectivity index (χ3n) is 2.47. The average molecular weight is 298 g/mol. The van der Waals surface area contributed by atoms with Crippen molar-refractivity contribution >= 4 is 21.6 Å². The molecule has 0 saturated carbocycles. The van der Waals surface area contributed by atoms with Crippen LogP contribution in [0.2, 0.25) is 5.02 Å². The van der Waals surface area contributed by atoms with Crippen LogP contribution in [-0.2, 0) is 10.0 Å². The third kappa shape index (κ3) is 3.26. The number of halogens is 1. The largest absolute Gasteiger partial charge is 0.456 e. The van der Waals surface area contributed by atoms with E-state index in [0.717, 1.165) is 0 Å². The number of ether oxygens (including phenoxy) is 1. The molecular formula is C13H12ClNO3S. The van der Waals surface area contributed by atoms with E-state index in [9.17, 15) is 8.42 Å². The Morgan fingerprint density at radius 2 is 1.68 bits per heavy atom. The van der Waals surface area contributed by atoms with E-state index in [1.807, 2.05) is 0 Å². The summed E-state index contributed by atoms with van der Waals surface area (Å²) in [5.41, 5.74) is 0. The zero-order valence-electron chi connectivity index (χ0n) is 10.1. The molecule has 0 atom stereocenters. The molecule has 0 bridgehead atoms. The van der Waals surface area contributed by atoms with Gasteiger partial charge in [-0.1, -0.05) is 23.7 Å². The van der Waals surface area contributed by atoms with Crippen LogP contribution >= 0.6 is 11.6 Å². The van der Waals surface area contributed by atoms with Gasteiger partial charge in [0, 0.05) is 0 Å². The van der Waals surface area contributed by atoms with Crippen molar-refractivity contribution in [2.75, 3.05) is 7.05 Å². The lowest BCUT2D eigenvalue weighted by Gasteiger charge is -2.08. The van der Waals surface area contributed by atoms with Gasteiger partial charge in [0.15, 0.2) is 0 Å². The lowest BCUT2D eigenvalue weighted by molar-refractivity contribution is 0.482. The van der Waals surface area contributed by atoms with Gasteiger partial charge < -0.3 is 4.74 Å². The molecule has 0 heterocycles. The molecule has 4 nitrogen and oxygen atoms in total. The van der Waals surface area contributed by atoms with Crippen molar-refractivity contribution in [1.29, 1.82) is 0 Å². The predicted octanol–water partition coefficient (Wildman–Crippen LogP) is 3.04. The highest BCUT2D eigenvalue weighted by molar-refractivity contribution is 7.89. The van der Waals surface area contributed by atoms with Gasteiger partial charge in [0.25, 0.3) is 0 Å². The van der Waals surface area contributed by atoms with E-state index >= 15 is 0 Å². The van der Waals surface area contributed by atoms with Gasteiger partial charge in [-0.3, -0.25) is 0 Å². The predicted molar refractivity (Wildman–Crippen MR) is 74.2 cm³/mol. The van der Waals surface area contributed by atoms with E-state index in [2.05, 4.69) is 4.72 Å². The monoisotopic (exact) mass is 297 g/mol. The van der Waals surface area contributed by atoms with E-state index < -0.39 is 10.0 Å². The summed E-state index contributed by atoms with van der Waals surface area (Å²) in [6.45, 7) is 0. The van der Waals surface area contributed by atoms with Crippen molar-refractivity contribution in [2.24, 2.45) is 0 Å². The summed E-state index contributed by atoms with van der Waals surface area (Å²) in [6, 6.07) is 13.2. The molecular weight excluding hydrogens is 286 g/mol. The highest BCUT2D eigenvalue weighted by atomic mass is 35.5. The molecule has 2 aromatic rings. The van der Waals surface area contributed by atoms with Crippen molar-refractivity contribution in [2.45, 2.75) is 4.90 Å². The molecule has 0 aliphatic rings. The van der Waals surface area contributed by atoms with Crippen molar-refractivity contribution in [3.05, 3.63) is 53.6 Å². The maximum atomic E-state index is 11.6. The quantitative estimate of drug-likeness (QED) is 0.943. The van der Waals surface area contributed by atoms with E-state index in [1.54, 1.807) is 36.4 Å². The van der Waals surface area contributed by atoms with Crippen LogP contribution in [0.3, 0.4) is 0 Å². The number of para-hydroxylation sites is 1. The fourth-order valence-corrected chi connectivity index (χ4v) is 2.36. The smallest absolute Gasteiger partial charge is 0.240 e. The Bertz CT molecular complexity index is 669. The SMILES string of the molecule is CNS(=O)(=O)c1ccc(Oc2ccccc2Cl)cc1. The Hall–Kier alpha value is -1.56. The summed E-state index contributed by atoms with van der Waals surface area (Å²) in [4.78, 5) is 0.182. The molecule has 0 radical (unpaired) electrons. The molecule has 0 fully saturated rings. The van der Waals surface area contributed by atoms with Crippen molar-refractivity contribution < 1.29 is 13.2 Å². The molecule has 1 N–H and O–H groups in total. The van der Waals surface area contributed by atoms with Crippen molar-refractivity contribution in [3.63, 3.8) is 0 Å². The molecule has 0 unspecified atom stereocenters. The van der Waals surface area contributed by atoms with Gasteiger partial charge in [0.1, 0.15) is 11.5 Å². The lowest BCUT2D eigenvalue weighted by Crippen LogP contribution is -2.18. The van der Waals surface area contributed by atoms with E-state index in [-0.39, 0.29) is 4.90 Å². The van der Waals surface area contributed by atoms with E-state index in [4.69, 9.17) is 16.3 Å². The molecule has 0 spiro atoms. The Morgan fingerprint density at radius 3 is 2.26 bits per heavy atom. The summed E-state index contributed by atoms with van der Waals surface area (Å²) in [5, 5.41) is 0.495. The number of rotatable bonds is 4. The Morgan fingerprint density at radius 1 is 1.05 bits per heavy atom. The van der Waals surface area contributed by atoms with Gasteiger partial charge in [-0.2, -0.15) is 0 Å². The number of hydrogen-bond acceptors (Lipinski definition) is 3. The van der Waals surface area contributed by atoms with Crippen LogP contribution in [-0.4, -0.2) is 15.5 Å². The minimum absolute atomic E-state index is 0.182. The number of sulfonamides is 1. The molecule has 0 amide bonds.